The van der Waals surface area contributed by atoms with Gasteiger partial charge in [0.05, 0.1) is 0 Å². The molecule has 1 nitrogen and oxygen atoms in total. The van der Waals surface area contributed by atoms with Crippen LogP contribution in [-0.4, -0.2) is 4.57 Å². The molecular weight excluding hydrogens is 226 g/mol. The number of halogens is 1. The van der Waals surface area contributed by atoms with E-state index in [1.165, 1.54) is 42.3 Å². The second kappa shape index (κ2) is 5.48. The quantitative estimate of drug-likeness (QED) is 0.692. The Morgan fingerprint density at radius 2 is 2.08 bits per heavy atom. The highest BCUT2D eigenvalue weighted by molar-refractivity contribution is 9.10. The molecule has 0 spiro atoms. The van der Waals surface area contributed by atoms with Gasteiger partial charge in [0.15, 0.2) is 0 Å². The summed E-state index contributed by atoms with van der Waals surface area (Å²) in [7, 11) is 2.11. The third-order valence-corrected chi connectivity index (χ3v) is 3.14. The zero-order chi connectivity index (χ0) is 9.68. The van der Waals surface area contributed by atoms with Gasteiger partial charge in [-0.05, 0) is 34.8 Å². The molecule has 0 saturated carbocycles. The molecule has 0 aliphatic heterocycles. The molecular formula is C11H18BrN. The minimum absolute atomic E-state index is 1.20. The molecule has 0 aliphatic rings. The van der Waals surface area contributed by atoms with Gasteiger partial charge in [-0.25, -0.2) is 0 Å². The monoisotopic (exact) mass is 243 g/mol. The lowest BCUT2D eigenvalue weighted by atomic mass is 10.1. The van der Waals surface area contributed by atoms with Gasteiger partial charge >= 0.3 is 0 Å². The summed E-state index contributed by atoms with van der Waals surface area (Å²) in [5, 5.41) is 0. The lowest BCUT2D eigenvalue weighted by Gasteiger charge is -2.03. The molecule has 0 fully saturated rings. The first kappa shape index (κ1) is 10.8. The number of unbranched alkanes of at least 4 members (excludes halogenated alkanes) is 3. The molecule has 1 aromatic rings. The van der Waals surface area contributed by atoms with Crippen LogP contribution in [0.3, 0.4) is 0 Å². The van der Waals surface area contributed by atoms with E-state index in [-0.39, 0.29) is 0 Å². The standard InChI is InChI=1S/C11H18BrN/c1-3-4-5-6-7-11-10(12)8-9-13(11)2/h8-9H,3-7H2,1-2H3. The summed E-state index contributed by atoms with van der Waals surface area (Å²) in [5.74, 6) is 0. The van der Waals surface area contributed by atoms with E-state index in [2.05, 4.69) is 46.7 Å². The first-order valence-corrected chi connectivity index (χ1v) is 5.84. The van der Waals surface area contributed by atoms with E-state index in [9.17, 15) is 0 Å². The number of hydrogen-bond acceptors (Lipinski definition) is 0. The summed E-state index contributed by atoms with van der Waals surface area (Å²) in [6.07, 6.45) is 8.65. The van der Waals surface area contributed by atoms with Crippen molar-refractivity contribution >= 4 is 15.9 Å². The lowest BCUT2D eigenvalue weighted by Crippen LogP contribution is -1.95. The Balaban J connectivity index is 2.36. The van der Waals surface area contributed by atoms with Gasteiger partial charge in [0.1, 0.15) is 0 Å². The largest absolute Gasteiger partial charge is 0.353 e. The third kappa shape index (κ3) is 3.18. The molecule has 74 valence electrons. The van der Waals surface area contributed by atoms with Gasteiger partial charge < -0.3 is 4.57 Å². The van der Waals surface area contributed by atoms with E-state index in [0.717, 1.165) is 0 Å². The van der Waals surface area contributed by atoms with Crippen LogP contribution in [0.1, 0.15) is 38.3 Å². The number of hydrogen-bond donors (Lipinski definition) is 0. The van der Waals surface area contributed by atoms with E-state index >= 15 is 0 Å². The normalized spacial score (nSPS) is 10.7. The highest BCUT2D eigenvalue weighted by atomic mass is 79.9. The van der Waals surface area contributed by atoms with Crippen molar-refractivity contribution in [3.63, 3.8) is 0 Å². The molecule has 0 N–H and O–H groups in total. The molecule has 0 aliphatic carbocycles. The molecule has 1 heterocycles. The van der Waals surface area contributed by atoms with Crippen molar-refractivity contribution in [1.29, 1.82) is 0 Å². The van der Waals surface area contributed by atoms with Crippen LogP contribution in [0.15, 0.2) is 16.7 Å². The molecule has 2 heteroatoms. The fourth-order valence-electron chi connectivity index (χ4n) is 1.55. The van der Waals surface area contributed by atoms with Crippen molar-refractivity contribution in [2.45, 2.75) is 39.0 Å². The Kier molecular flexibility index (Phi) is 4.57. The molecule has 0 saturated heterocycles. The fourth-order valence-corrected chi connectivity index (χ4v) is 2.14. The summed E-state index contributed by atoms with van der Waals surface area (Å²) in [4.78, 5) is 0. The van der Waals surface area contributed by atoms with Gasteiger partial charge in [-0.15, -0.1) is 0 Å². The molecule has 13 heavy (non-hydrogen) atoms. The SMILES string of the molecule is CCCCCCc1c(Br)ccn1C. The van der Waals surface area contributed by atoms with Crippen LogP contribution in [0, 0.1) is 0 Å². The van der Waals surface area contributed by atoms with Crippen LogP contribution >= 0.6 is 15.9 Å². The second-order valence-electron chi connectivity index (χ2n) is 3.53. The highest BCUT2D eigenvalue weighted by Gasteiger charge is 2.02. The van der Waals surface area contributed by atoms with Gasteiger partial charge in [0.2, 0.25) is 0 Å². The van der Waals surface area contributed by atoms with Crippen molar-refractivity contribution < 1.29 is 0 Å². The first-order chi connectivity index (χ1) is 6.25. The Morgan fingerprint density at radius 1 is 1.31 bits per heavy atom. The molecule has 1 aromatic heterocycles. The maximum Gasteiger partial charge on any atom is 0.0384 e. The van der Waals surface area contributed by atoms with Crippen molar-refractivity contribution in [1.82, 2.24) is 4.57 Å². The van der Waals surface area contributed by atoms with Gasteiger partial charge in [0.25, 0.3) is 0 Å². The lowest BCUT2D eigenvalue weighted by molar-refractivity contribution is 0.647. The summed E-state index contributed by atoms with van der Waals surface area (Å²) >= 11 is 3.57. The second-order valence-corrected chi connectivity index (χ2v) is 4.39. The highest BCUT2D eigenvalue weighted by Crippen LogP contribution is 2.19. The zero-order valence-corrected chi connectivity index (χ0v) is 10.1. The van der Waals surface area contributed by atoms with E-state index in [1.54, 1.807) is 0 Å². The molecule has 0 aromatic carbocycles. The molecule has 1 rings (SSSR count). The Morgan fingerprint density at radius 3 is 2.62 bits per heavy atom. The minimum Gasteiger partial charge on any atom is -0.353 e. The van der Waals surface area contributed by atoms with Crippen LogP contribution in [0.5, 0.6) is 0 Å². The molecule has 0 atom stereocenters. The van der Waals surface area contributed by atoms with Crippen LogP contribution < -0.4 is 0 Å². The van der Waals surface area contributed by atoms with E-state index in [1.807, 2.05) is 0 Å². The van der Waals surface area contributed by atoms with Crippen LogP contribution in [-0.2, 0) is 13.5 Å². The van der Waals surface area contributed by atoms with Gasteiger partial charge in [-0.1, -0.05) is 26.2 Å². The van der Waals surface area contributed by atoms with Gasteiger partial charge in [-0.3, -0.25) is 0 Å². The topological polar surface area (TPSA) is 4.93 Å². The van der Waals surface area contributed by atoms with Crippen molar-refractivity contribution in [3.8, 4) is 0 Å². The van der Waals surface area contributed by atoms with Crippen molar-refractivity contribution in [2.24, 2.45) is 7.05 Å². The number of aryl methyl sites for hydroxylation is 1. The summed E-state index contributed by atoms with van der Waals surface area (Å²) in [5.41, 5.74) is 1.43. The average molecular weight is 244 g/mol. The summed E-state index contributed by atoms with van der Waals surface area (Å²) in [6, 6.07) is 2.12. The average Bonchev–Trinajstić information content (AvgIpc) is 2.42. The molecule has 0 radical (unpaired) electrons. The Bertz CT molecular complexity index is 233. The van der Waals surface area contributed by atoms with Crippen LogP contribution in [0.4, 0.5) is 0 Å². The number of aromatic nitrogens is 1. The molecule has 0 unspecified atom stereocenters. The maximum atomic E-state index is 3.57. The minimum atomic E-state index is 1.20. The third-order valence-electron chi connectivity index (χ3n) is 2.41. The van der Waals surface area contributed by atoms with Gasteiger partial charge in [0, 0.05) is 23.4 Å². The Labute approximate surface area is 89.3 Å². The predicted molar refractivity (Wildman–Crippen MR) is 61.0 cm³/mol. The van der Waals surface area contributed by atoms with Crippen LogP contribution in [0.2, 0.25) is 0 Å². The van der Waals surface area contributed by atoms with Gasteiger partial charge in [-0.2, -0.15) is 0 Å². The summed E-state index contributed by atoms with van der Waals surface area (Å²) in [6.45, 7) is 2.25. The van der Waals surface area contributed by atoms with E-state index in [4.69, 9.17) is 0 Å². The predicted octanol–water partition coefficient (Wildman–Crippen LogP) is 3.91. The fraction of sp³-hybridized carbons (Fsp3) is 0.636. The molecule has 0 amide bonds. The zero-order valence-electron chi connectivity index (χ0n) is 8.52. The van der Waals surface area contributed by atoms with Crippen molar-refractivity contribution in [2.75, 3.05) is 0 Å². The van der Waals surface area contributed by atoms with E-state index < -0.39 is 0 Å². The maximum absolute atomic E-state index is 3.57. The smallest absolute Gasteiger partial charge is 0.0384 e. The molecule has 0 bridgehead atoms. The van der Waals surface area contributed by atoms with E-state index in [0.29, 0.717) is 0 Å². The first-order valence-electron chi connectivity index (χ1n) is 5.05. The number of nitrogens with zero attached hydrogens (tertiary/aromatic N) is 1. The van der Waals surface area contributed by atoms with Crippen molar-refractivity contribution in [3.05, 3.63) is 22.4 Å². The Hall–Kier alpha value is -0.240. The summed E-state index contributed by atoms with van der Waals surface area (Å²) < 4.78 is 3.46. The van der Waals surface area contributed by atoms with Crippen LogP contribution in [0.25, 0.3) is 0 Å². The number of rotatable bonds is 5.